The van der Waals surface area contributed by atoms with Gasteiger partial charge in [0.15, 0.2) is 5.89 Å². The first kappa shape index (κ1) is 12.2. The van der Waals surface area contributed by atoms with Crippen LogP contribution < -0.4 is 4.74 Å². The molecule has 4 heteroatoms. The molecular formula is C14H14N2O2. The first-order valence-corrected chi connectivity index (χ1v) is 5.85. The maximum absolute atomic E-state index is 8.50. The number of oxazole rings is 1. The number of ether oxygens (including phenoxy) is 1. The second-order valence-electron chi connectivity index (χ2n) is 3.83. The van der Waals surface area contributed by atoms with Crippen molar-refractivity contribution in [3.8, 4) is 11.8 Å². The van der Waals surface area contributed by atoms with Crippen molar-refractivity contribution < 1.29 is 9.15 Å². The molecule has 0 aliphatic rings. The van der Waals surface area contributed by atoms with Gasteiger partial charge in [-0.2, -0.15) is 5.26 Å². The second-order valence-corrected chi connectivity index (χ2v) is 3.83. The highest BCUT2D eigenvalue weighted by molar-refractivity contribution is 5.27. The Kier molecular flexibility index (Phi) is 4.37. The molecule has 0 radical (unpaired) electrons. The van der Waals surface area contributed by atoms with Crippen molar-refractivity contribution in [1.82, 2.24) is 4.98 Å². The van der Waals surface area contributed by atoms with Gasteiger partial charge >= 0.3 is 0 Å². The molecule has 0 atom stereocenters. The summed E-state index contributed by atoms with van der Waals surface area (Å²) in [5.74, 6) is 1.50. The summed E-state index contributed by atoms with van der Waals surface area (Å²) < 4.78 is 10.7. The number of rotatable bonds is 6. The van der Waals surface area contributed by atoms with E-state index in [2.05, 4.69) is 11.1 Å². The fourth-order valence-corrected chi connectivity index (χ4v) is 1.59. The van der Waals surface area contributed by atoms with Crippen LogP contribution in [0.25, 0.3) is 0 Å². The normalized spacial score (nSPS) is 9.94. The van der Waals surface area contributed by atoms with E-state index in [1.807, 2.05) is 24.3 Å². The highest BCUT2D eigenvalue weighted by Gasteiger charge is 1.99. The van der Waals surface area contributed by atoms with E-state index in [-0.39, 0.29) is 0 Å². The highest BCUT2D eigenvalue weighted by Crippen LogP contribution is 2.13. The molecule has 1 aromatic carbocycles. The summed E-state index contributed by atoms with van der Waals surface area (Å²) in [6.45, 7) is 0.540. The molecular weight excluding hydrogens is 228 g/mol. The van der Waals surface area contributed by atoms with Crippen LogP contribution in [0, 0.1) is 11.3 Å². The van der Waals surface area contributed by atoms with E-state index in [0.29, 0.717) is 25.3 Å². The van der Waals surface area contributed by atoms with E-state index in [0.717, 1.165) is 17.7 Å². The summed E-state index contributed by atoms with van der Waals surface area (Å²) in [5.41, 5.74) is 1.15. The van der Waals surface area contributed by atoms with Crippen LogP contribution in [-0.2, 0) is 12.8 Å². The van der Waals surface area contributed by atoms with Gasteiger partial charge in [-0.15, -0.1) is 0 Å². The first-order valence-electron chi connectivity index (χ1n) is 5.85. The summed E-state index contributed by atoms with van der Waals surface area (Å²) >= 11 is 0. The molecule has 0 aliphatic carbocycles. The van der Waals surface area contributed by atoms with Crippen LogP contribution in [-0.4, -0.2) is 11.6 Å². The summed E-state index contributed by atoms with van der Waals surface area (Å²) in [4.78, 5) is 4.02. The van der Waals surface area contributed by atoms with Crippen LogP contribution in [0.3, 0.4) is 0 Å². The van der Waals surface area contributed by atoms with E-state index in [1.54, 1.807) is 12.5 Å². The van der Waals surface area contributed by atoms with Crippen LogP contribution in [0.1, 0.15) is 17.9 Å². The molecule has 2 rings (SSSR count). The lowest BCUT2D eigenvalue weighted by molar-refractivity contribution is 0.306. The van der Waals surface area contributed by atoms with E-state index in [4.69, 9.17) is 14.4 Å². The van der Waals surface area contributed by atoms with Crippen molar-refractivity contribution in [2.45, 2.75) is 19.3 Å². The third-order valence-electron chi connectivity index (χ3n) is 2.52. The quantitative estimate of drug-likeness (QED) is 0.781. The maximum Gasteiger partial charge on any atom is 0.197 e. The SMILES string of the molecule is N#CCCc1ccc(OCCc2ncco2)cc1. The van der Waals surface area contributed by atoms with Gasteiger partial charge in [-0.1, -0.05) is 12.1 Å². The number of hydrogen-bond donors (Lipinski definition) is 0. The molecule has 0 unspecified atom stereocenters. The van der Waals surface area contributed by atoms with Crippen molar-refractivity contribution in [1.29, 1.82) is 5.26 Å². The first-order chi connectivity index (χ1) is 8.88. The Morgan fingerprint density at radius 3 is 2.72 bits per heavy atom. The molecule has 1 aromatic heterocycles. The Balaban J connectivity index is 1.78. The predicted octanol–water partition coefficient (Wildman–Crippen LogP) is 2.75. The molecule has 0 fully saturated rings. The number of aromatic nitrogens is 1. The largest absolute Gasteiger partial charge is 0.493 e. The standard InChI is InChI=1S/C14H14N2O2/c15-8-1-2-12-3-5-13(6-4-12)17-10-7-14-16-9-11-18-14/h3-6,9,11H,1-2,7,10H2. The average Bonchev–Trinajstić information content (AvgIpc) is 2.91. The lowest BCUT2D eigenvalue weighted by Crippen LogP contribution is -2.01. The summed E-state index contributed by atoms with van der Waals surface area (Å²) in [7, 11) is 0. The zero-order valence-corrected chi connectivity index (χ0v) is 10.0. The fourth-order valence-electron chi connectivity index (χ4n) is 1.59. The number of aryl methyl sites for hydroxylation is 1. The van der Waals surface area contributed by atoms with Gasteiger partial charge in [0.05, 0.1) is 25.3 Å². The minimum absolute atomic E-state index is 0.540. The Bertz CT molecular complexity index is 498. The minimum atomic E-state index is 0.540. The van der Waals surface area contributed by atoms with Crippen LogP contribution in [0.4, 0.5) is 0 Å². The lowest BCUT2D eigenvalue weighted by Gasteiger charge is -2.05. The molecule has 2 aromatic rings. The van der Waals surface area contributed by atoms with E-state index in [9.17, 15) is 0 Å². The van der Waals surface area contributed by atoms with Crippen molar-refractivity contribution in [2.75, 3.05) is 6.61 Å². The minimum Gasteiger partial charge on any atom is -0.493 e. The van der Waals surface area contributed by atoms with Crippen LogP contribution in [0.15, 0.2) is 41.1 Å². The van der Waals surface area contributed by atoms with E-state index >= 15 is 0 Å². The monoisotopic (exact) mass is 242 g/mol. The third kappa shape index (κ3) is 3.63. The maximum atomic E-state index is 8.50. The predicted molar refractivity (Wildman–Crippen MR) is 66.1 cm³/mol. The number of hydrogen-bond acceptors (Lipinski definition) is 4. The molecule has 0 aliphatic heterocycles. The Labute approximate surface area is 106 Å². The average molecular weight is 242 g/mol. The molecule has 0 N–H and O–H groups in total. The second kappa shape index (κ2) is 6.45. The molecule has 18 heavy (non-hydrogen) atoms. The smallest absolute Gasteiger partial charge is 0.197 e. The molecule has 0 amide bonds. The number of nitrogens with zero attached hydrogens (tertiary/aromatic N) is 2. The van der Waals surface area contributed by atoms with Gasteiger partial charge in [0.25, 0.3) is 0 Å². The summed E-state index contributed by atoms with van der Waals surface area (Å²) in [6.07, 6.45) is 5.17. The van der Waals surface area contributed by atoms with Gasteiger partial charge in [-0.05, 0) is 24.1 Å². The van der Waals surface area contributed by atoms with Crippen molar-refractivity contribution in [3.63, 3.8) is 0 Å². The van der Waals surface area contributed by atoms with Crippen molar-refractivity contribution in [3.05, 3.63) is 48.2 Å². The van der Waals surface area contributed by atoms with Crippen molar-refractivity contribution >= 4 is 0 Å². The molecule has 0 spiro atoms. The molecule has 0 bridgehead atoms. The molecule has 4 nitrogen and oxygen atoms in total. The summed E-state index contributed by atoms with van der Waals surface area (Å²) in [5, 5.41) is 8.50. The van der Waals surface area contributed by atoms with Gasteiger partial charge < -0.3 is 9.15 Å². The fraction of sp³-hybridized carbons (Fsp3) is 0.286. The van der Waals surface area contributed by atoms with Gasteiger partial charge in [0.1, 0.15) is 12.0 Å². The molecule has 1 heterocycles. The van der Waals surface area contributed by atoms with E-state index < -0.39 is 0 Å². The zero-order chi connectivity index (χ0) is 12.6. The number of nitriles is 1. The van der Waals surface area contributed by atoms with Gasteiger partial charge in [-0.25, -0.2) is 4.98 Å². The van der Waals surface area contributed by atoms with Crippen LogP contribution >= 0.6 is 0 Å². The lowest BCUT2D eigenvalue weighted by atomic mass is 10.1. The van der Waals surface area contributed by atoms with Crippen LogP contribution in [0.5, 0.6) is 5.75 Å². The van der Waals surface area contributed by atoms with Gasteiger partial charge in [0, 0.05) is 6.42 Å². The van der Waals surface area contributed by atoms with Crippen LogP contribution in [0.2, 0.25) is 0 Å². The van der Waals surface area contributed by atoms with E-state index in [1.165, 1.54) is 0 Å². The Morgan fingerprint density at radius 2 is 2.06 bits per heavy atom. The van der Waals surface area contributed by atoms with Crippen molar-refractivity contribution in [2.24, 2.45) is 0 Å². The molecule has 0 saturated carbocycles. The molecule has 0 saturated heterocycles. The third-order valence-corrected chi connectivity index (χ3v) is 2.52. The Hall–Kier alpha value is -2.28. The van der Waals surface area contributed by atoms with Gasteiger partial charge in [-0.3, -0.25) is 0 Å². The zero-order valence-electron chi connectivity index (χ0n) is 10.0. The molecule has 92 valence electrons. The topological polar surface area (TPSA) is 59.0 Å². The summed E-state index contributed by atoms with van der Waals surface area (Å²) in [6, 6.07) is 9.94. The number of benzene rings is 1. The van der Waals surface area contributed by atoms with Gasteiger partial charge in [0.2, 0.25) is 0 Å². The highest BCUT2D eigenvalue weighted by atomic mass is 16.5. The Morgan fingerprint density at radius 1 is 1.22 bits per heavy atom.